The van der Waals surface area contributed by atoms with Gasteiger partial charge in [-0.15, -0.1) is 12.4 Å². The molecule has 2 aliphatic heterocycles. The van der Waals surface area contributed by atoms with Crippen LogP contribution in [-0.2, 0) is 16.4 Å². The summed E-state index contributed by atoms with van der Waals surface area (Å²) in [5.74, 6) is 0.205. The highest BCUT2D eigenvalue weighted by Crippen LogP contribution is 2.36. The minimum Gasteiger partial charge on any atom is -0.352 e. The van der Waals surface area contributed by atoms with Gasteiger partial charge in [0.25, 0.3) is 15.9 Å². The van der Waals surface area contributed by atoms with Gasteiger partial charge >= 0.3 is 0 Å². The van der Waals surface area contributed by atoms with Crippen LogP contribution < -0.4 is 14.9 Å². The minimum atomic E-state index is -3.74. The monoisotopic (exact) mass is 421 g/mol. The second kappa shape index (κ2) is 8.11. The van der Waals surface area contributed by atoms with Gasteiger partial charge < -0.3 is 10.6 Å². The molecule has 8 heteroatoms. The molecule has 2 aromatic carbocycles. The SMILES string of the molecule is CC1Cc2ccccc2N1S(=O)(=O)c1cccc(C(=O)NCC2CNC2)c1.Cl. The number of anilines is 1. The number of halogens is 1. The molecule has 2 aliphatic rings. The largest absolute Gasteiger partial charge is 0.352 e. The van der Waals surface area contributed by atoms with Gasteiger partial charge in [-0.2, -0.15) is 0 Å². The second-order valence-electron chi connectivity index (χ2n) is 7.24. The molecule has 1 atom stereocenters. The molecule has 1 saturated heterocycles. The number of hydrogen-bond donors (Lipinski definition) is 2. The van der Waals surface area contributed by atoms with Crippen molar-refractivity contribution >= 4 is 34.0 Å². The summed E-state index contributed by atoms with van der Waals surface area (Å²) < 4.78 is 28.1. The molecule has 28 heavy (non-hydrogen) atoms. The third-order valence-electron chi connectivity index (χ3n) is 5.22. The van der Waals surface area contributed by atoms with Gasteiger partial charge in [0.15, 0.2) is 0 Å². The second-order valence-corrected chi connectivity index (χ2v) is 9.06. The van der Waals surface area contributed by atoms with E-state index in [9.17, 15) is 13.2 Å². The first-order valence-corrected chi connectivity index (χ1v) is 10.6. The highest BCUT2D eigenvalue weighted by Gasteiger charge is 2.36. The molecule has 150 valence electrons. The van der Waals surface area contributed by atoms with E-state index >= 15 is 0 Å². The van der Waals surface area contributed by atoms with Crippen molar-refractivity contribution in [2.45, 2.75) is 24.3 Å². The highest BCUT2D eigenvalue weighted by molar-refractivity contribution is 7.92. The molecular formula is C20H24ClN3O3S. The number of carbonyl (C=O) groups is 1. The molecule has 0 saturated carbocycles. The van der Waals surface area contributed by atoms with E-state index in [1.54, 1.807) is 18.2 Å². The Morgan fingerprint density at radius 1 is 1.18 bits per heavy atom. The van der Waals surface area contributed by atoms with Crippen molar-refractivity contribution in [2.24, 2.45) is 5.92 Å². The van der Waals surface area contributed by atoms with Crippen molar-refractivity contribution in [2.75, 3.05) is 23.9 Å². The topological polar surface area (TPSA) is 78.5 Å². The van der Waals surface area contributed by atoms with Crippen molar-refractivity contribution in [1.82, 2.24) is 10.6 Å². The molecule has 4 rings (SSSR count). The van der Waals surface area contributed by atoms with E-state index in [0.717, 1.165) is 24.3 Å². The van der Waals surface area contributed by atoms with E-state index in [1.807, 2.05) is 31.2 Å². The maximum atomic E-state index is 13.3. The molecule has 0 bridgehead atoms. The van der Waals surface area contributed by atoms with Gasteiger partial charge in [0.1, 0.15) is 0 Å². The van der Waals surface area contributed by atoms with Crippen LogP contribution in [0, 0.1) is 5.92 Å². The summed E-state index contributed by atoms with van der Waals surface area (Å²) in [6.07, 6.45) is 0.686. The zero-order valence-corrected chi connectivity index (χ0v) is 17.2. The van der Waals surface area contributed by atoms with Gasteiger partial charge in [-0.25, -0.2) is 8.42 Å². The lowest BCUT2D eigenvalue weighted by Gasteiger charge is -2.27. The van der Waals surface area contributed by atoms with Crippen LogP contribution in [0.4, 0.5) is 5.69 Å². The number of nitrogens with zero attached hydrogens (tertiary/aromatic N) is 1. The smallest absolute Gasteiger partial charge is 0.264 e. The Hall–Kier alpha value is -2.09. The normalized spacial score (nSPS) is 18.8. The van der Waals surface area contributed by atoms with Crippen LogP contribution in [0.3, 0.4) is 0 Å². The van der Waals surface area contributed by atoms with Crippen molar-refractivity contribution in [1.29, 1.82) is 0 Å². The third kappa shape index (κ3) is 3.74. The average Bonchev–Trinajstić information content (AvgIpc) is 2.96. The van der Waals surface area contributed by atoms with Crippen LogP contribution in [0.5, 0.6) is 0 Å². The van der Waals surface area contributed by atoms with Crippen LogP contribution in [0.25, 0.3) is 0 Å². The number of hydrogen-bond acceptors (Lipinski definition) is 4. The summed E-state index contributed by atoms with van der Waals surface area (Å²) in [6.45, 7) is 4.31. The van der Waals surface area contributed by atoms with Crippen LogP contribution in [0.1, 0.15) is 22.8 Å². The highest BCUT2D eigenvalue weighted by atomic mass is 35.5. The lowest BCUT2D eigenvalue weighted by atomic mass is 10.0. The van der Waals surface area contributed by atoms with Crippen molar-refractivity contribution in [3.05, 3.63) is 59.7 Å². The van der Waals surface area contributed by atoms with Gasteiger partial charge in [-0.05, 0) is 43.2 Å². The molecule has 1 fully saturated rings. The van der Waals surface area contributed by atoms with Crippen molar-refractivity contribution in [3.63, 3.8) is 0 Å². The summed E-state index contributed by atoms with van der Waals surface area (Å²) in [5.41, 5.74) is 2.11. The first-order chi connectivity index (χ1) is 13.0. The summed E-state index contributed by atoms with van der Waals surface area (Å²) in [7, 11) is -3.74. The predicted molar refractivity (Wildman–Crippen MR) is 112 cm³/mol. The number of rotatable bonds is 5. The maximum absolute atomic E-state index is 13.3. The Morgan fingerprint density at radius 3 is 2.64 bits per heavy atom. The molecule has 6 nitrogen and oxygen atoms in total. The standard InChI is InChI=1S/C20H23N3O3S.ClH/c1-14-9-16-5-2-3-8-19(16)23(14)27(25,26)18-7-4-6-17(10-18)20(24)22-13-15-11-21-12-15;/h2-8,10,14-15,21H,9,11-13H2,1H3,(H,22,24);1H. The zero-order valence-electron chi connectivity index (χ0n) is 15.6. The van der Waals surface area contributed by atoms with Crippen molar-refractivity contribution in [3.8, 4) is 0 Å². The molecule has 2 N–H and O–H groups in total. The molecule has 2 aromatic rings. The third-order valence-corrected chi connectivity index (χ3v) is 7.14. The van der Waals surface area contributed by atoms with Crippen LogP contribution >= 0.6 is 12.4 Å². The Kier molecular flexibility index (Phi) is 5.98. The van der Waals surface area contributed by atoms with E-state index in [-0.39, 0.29) is 29.3 Å². The molecule has 2 heterocycles. The number of benzene rings is 2. The van der Waals surface area contributed by atoms with Gasteiger partial charge in [-0.3, -0.25) is 9.10 Å². The predicted octanol–water partition coefficient (Wildman–Crippen LogP) is 2.20. The van der Waals surface area contributed by atoms with Crippen LogP contribution in [0.15, 0.2) is 53.4 Å². The molecule has 0 spiro atoms. The Morgan fingerprint density at radius 2 is 1.93 bits per heavy atom. The van der Waals surface area contributed by atoms with E-state index in [2.05, 4.69) is 10.6 Å². The fourth-order valence-corrected chi connectivity index (χ4v) is 5.39. The van der Waals surface area contributed by atoms with Crippen molar-refractivity contribution < 1.29 is 13.2 Å². The fourth-order valence-electron chi connectivity index (χ4n) is 3.65. The van der Waals surface area contributed by atoms with Crippen LogP contribution in [-0.4, -0.2) is 40.0 Å². The summed E-state index contributed by atoms with van der Waals surface area (Å²) in [6, 6.07) is 13.7. The Labute approximate surface area is 171 Å². The maximum Gasteiger partial charge on any atom is 0.264 e. The number of nitrogens with one attached hydrogen (secondary N) is 2. The summed E-state index contributed by atoms with van der Waals surface area (Å²) in [5, 5.41) is 6.05. The molecule has 1 unspecified atom stereocenters. The zero-order chi connectivity index (χ0) is 19.0. The average molecular weight is 422 g/mol. The van der Waals surface area contributed by atoms with Gasteiger partial charge in [0.05, 0.1) is 10.6 Å². The van der Waals surface area contributed by atoms with E-state index < -0.39 is 10.0 Å². The van der Waals surface area contributed by atoms with E-state index in [1.165, 1.54) is 10.4 Å². The number of sulfonamides is 1. The number of fused-ring (bicyclic) bond motifs is 1. The van der Waals surface area contributed by atoms with Gasteiger partial charge in [-0.1, -0.05) is 24.3 Å². The molecule has 0 radical (unpaired) electrons. The Balaban J connectivity index is 0.00000225. The lowest BCUT2D eigenvalue weighted by molar-refractivity contribution is 0.0942. The van der Waals surface area contributed by atoms with Gasteiger partial charge in [0.2, 0.25) is 0 Å². The molecule has 1 amide bonds. The lowest BCUT2D eigenvalue weighted by Crippen LogP contribution is -2.48. The minimum absolute atomic E-state index is 0. The molecule has 0 aromatic heterocycles. The number of amides is 1. The summed E-state index contributed by atoms with van der Waals surface area (Å²) in [4.78, 5) is 12.6. The van der Waals surface area contributed by atoms with E-state index in [4.69, 9.17) is 0 Å². The number of para-hydroxylation sites is 1. The fraction of sp³-hybridized carbons (Fsp3) is 0.350. The molecular weight excluding hydrogens is 398 g/mol. The summed E-state index contributed by atoms with van der Waals surface area (Å²) >= 11 is 0. The first kappa shape index (κ1) is 20.6. The van der Waals surface area contributed by atoms with Crippen LogP contribution in [0.2, 0.25) is 0 Å². The first-order valence-electron chi connectivity index (χ1n) is 9.18. The van der Waals surface area contributed by atoms with E-state index in [0.29, 0.717) is 24.4 Å². The van der Waals surface area contributed by atoms with Gasteiger partial charge in [0, 0.05) is 37.2 Å². The Bertz CT molecular complexity index is 976. The number of carbonyl (C=O) groups excluding carboxylic acids is 1. The quantitative estimate of drug-likeness (QED) is 0.775. The molecule has 0 aliphatic carbocycles.